The van der Waals surface area contributed by atoms with Gasteiger partial charge in [-0.05, 0) is 19.1 Å². The maximum absolute atomic E-state index is 12.2. The average Bonchev–Trinajstić information content (AvgIpc) is 3.08. The minimum absolute atomic E-state index is 0.107. The van der Waals surface area contributed by atoms with Crippen LogP contribution in [0.3, 0.4) is 0 Å². The zero-order chi connectivity index (χ0) is 14.7. The number of carbonyl (C=O) groups is 3. The lowest BCUT2D eigenvalue weighted by atomic mass is 10.2. The fourth-order valence-corrected chi connectivity index (χ4v) is 3.01. The number of thioether (sulfide) groups is 1. The zero-order valence-corrected chi connectivity index (χ0v) is 11.6. The summed E-state index contributed by atoms with van der Waals surface area (Å²) >= 11 is 1.37. The van der Waals surface area contributed by atoms with Gasteiger partial charge in [-0.1, -0.05) is 0 Å². The van der Waals surface area contributed by atoms with Crippen LogP contribution in [-0.2, 0) is 9.59 Å². The molecule has 1 saturated heterocycles. The van der Waals surface area contributed by atoms with Crippen molar-refractivity contribution in [2.24, 2.45) is 0 Å². The second-order valence-electron chi connectivity index (χ2n) is 4.33. The largest absolute Gasteiger partial charge is 0.480 e. The lowest BCUT2D eigenvalue weighted by molar-refractivity contribution is -0.148. The second-order valence-corrected chi connectivity index (χ2v) is 5.33. The highest BCUT2D eigenvalue weighted by molar-refractivity contribution is 7.99. The Balaban J connectivity index is 1.98. The quantitative estimate of drug-likeness (QED) is 0.834. The van der Waals surface area contributed by atoms with Crippen LogP contribution >= 0.6 is 11.8 Å². The molecule has 0 saturated carbocycles. The Hall–Kier alpha value is -1.96. The Morgan fingerprint density at radius 3 is 2.90 bits per heavy atom. The molecule has 1 aromatic rings. The van der Waals surface area contributed by atoms with Crippen molar-refractivity contribution in [2.45, 2.75) is 19.0 Å². The number of hydrogen-bond acceptors (Lipinski definition) is 5. The molecule has 7 nitrogen and oxygen atoms in total. The second kappa shape index (κ2) is 6.00. The van der Waals surface area contributed by atoms with Crippen molar-refractivity contribution in [1.29, 1.82) is 0 Å². The van der Waals surface area contributed by atoms with E-state index in [1.807, 2.05) is 0 Å². The normalized spacial score (nSPS) is 19.6. The fourth-order valence-electron chi connectivity index (χ4n) is 1.85. The van der Waals surface area contributed by atoms with Crippen LogP contribution in [-0.4, -0.2) is 51.5 Å². The monoisotopic (exact) mass is 298 g/mol. The Labute approximate surface area is 119 Å². The molecule has 8 heteroatoms. The van der Waals surface area contributed by atoms with Gasteiger partial charge in [0.25, 0.3) is 5.91 Å². The van der Waals surface area contributed by atoms with Crippen molar-refractivity contribution in [2.75, 3.05) is 11.6 Å². The van der Waals surface area contributed by atoms with Gasteiger partial charge in [-0.25, -0.2) is 4.79 Å². The van der Waals surface area contributed by atoms with Crippen LogP contribution in [0.25, 0.3) is 0 Å². The highest BCUT2D eigenvalue weighted by Crippen LogP contribution is 2.21. The third-order valence-electron chi connectivity index (χ3n) is 2.91. The van der Waals surface area contributed by atoms with Gasteiger partial charge < -0.3 is 19.7 Å². The summed E-state index contributed by atoms with van der Waals surface area (Å²) in [7, 11) is 0. The van der Waals surface area contributed by atoms with Gasteiger partial charge in [-0.3, -0.25) is 9.59 Å². The summed E-state index contributed by atoms with van der Waals surface area (Å²) in [5, 5.41) is 11.5. The van der Waals surface area contributed by atoms with E-state index in [9.17, 15) is 14.4 Å². The number of carboxylic acids is 1. The van der Waals surface area contributed by atoms with Gasteiger partial charge in [-0.2, -0.15) is 0 Å². The molecule has 0 radical (unpaired) electrons. The number of rotatable bonds is 4. The molecule has 20 heavy (non-hydrogen) atoms. The Morgan fingerprint density at radius 1 is 1.55 bits per heavy atom. The maximum atomic E-state index is 12.2. The number of carbonyl (C=O) groups excluding carboxylic acids is 2. The third kappa shape index (κ3) is 2.96. The average molecular weight is 298 g/mol. The molecule has 1 aliphatic heterocycles. The number of amides is 2. The highest BCUT2D eigenvalue weighted by Gasteiger charge is 2.36. The molecule has 1 unspecified atom stereocenters. The van der Waals surface area contributed by atoms with Gasteiger partial charge in [0.05, 0.1) is 12.1 Å². The number of aliphatic carboxylic acids is 1. The number of nitrogens with zero attached hydrogens (tertiary/aromatic N) is 1. The first kappa shape index (κ1) is 14.4. The molecule has 1 aliphatic rings. The SMILES string of the molecule is CC(NC(=O)c1ccco1)C(=O)N1CSC[C@H]1C(=O)O. The topological polar surface area (TPSA) is 99.9 Å². The first-order valence-electron chi connectivity index (χ1n) is 5.96. The number of carboxylic acid groups (broad SMARTS) is 1. The van der Waals surface area contributed by atoms with E-state index >= 15 is 0 Å². The van der Waals surface area contributed by atoms with Crippen molar-refractivity contribution in [3.8, 4) is 0 Å². The molecule has 2 amide bonds. The summed E-state index contributed by atoms with van der Waals surface area (Å²) in [5.41, 5.74) is 0. The van der Waals surface area contributed by atoms with Crippen LogP contribution in [0.1, 0.15) is 17.5 Å². The fraction of sp³-hybridized carbons (Fsp3) is 0.417. The minimum atomic E-state index is -1.03. The molecule has 2 rings (SSSR count). The molecular formula is C12H14N2O5S. The van der Waals surface area contributed by atoms with E-state index in [4.69, 9.17) is 9.52 Å². The van der Waals surface area contributed by atoms with Crippen LogP contribution in [0.4, 0.5) is 0 Å². The lowest BCUT2D eigenvalue weighted by Crippen LogP contribution is -2.50. The van der Waals surface area contributed by atoms with Gasteiger partial charge in [0, 0.05) is 5.75 Å². The summed E-state index contributed by atoms with van der Waals surface area (Å²) in [4.78, 5) is 36.2. The Bertz CT molecular complexity index is 516. The van der Waals surface area contributed by atoms with Gasteiger partial charge >= 0.3 is 5.97 Å². The standard InChI is InChI=1S/C12H14N2O5S/c1-7(13-10(15)9-3-2-4-19-9)11(16)14-6-20-5-8(14)12(17)18/h2-4,7-8H,5-6H2,1H3,(H,13,15)(H,17,18)/t7?,8-/m0/s1. The van der Waals surface area contributed by atoms with Crippen LogP contribution in [0, 0.1) is 0 Å². The number of nitrogens with one attached hydrogen (secondary N) is 1. The molecule has 1 fully saturated rings. The smallest absolute Gasteiger partial charge is 0.327 e. The van der Waals surface area contributed by atoms with E-state index in [2.05, 4.69) is 5.32 Å². The predicted octanol–water partition coefficient (Wildman–Crippen LogP) is 0.384. The van der Waals surface area contributed by atoms with Gasteiger partial charge in [0.1, 0.15) is 12.1 Å². The van der Waals surface area contributed by atoms with E-state index in [1.54, 1.807) is 6.07 Å². The molecule has 0 aromatic carbocycles. The molecule has 2 N–H and O–H groups in total. The molecule has 2 heterocycles. The Kier molecular flexibility index (Phi) is 4.33. The van der Waals surface area contributed by atoms with Crippen LogP contribution < -0.4 is 5.32 Å². The van der Waals surface area contributed by atoms with Gasteiger partial charge in [0.2, 0.25) is 5.91 Å². The van der Waals surface area contributed by atoms with Crippen molar-refractivity contribution < 1.29 is 23.9 Å². The summed E-state index contributed by atoms with van der Waals surface area (Å²) in [5.74, 6) is -1.17. The zero-order valence-electron chi connectivity index (χ0n) is 10.7. The first-order valence-corrected chi connectivity index (χ1v) is 7.11. The summed E-state index contributed by atoms with van der Waals surface area (Å²) < 4.78 is 4.93. The summed E-state index contributed by atoms with van der Waals surface area (Å²) in [6.45, 7) is 1.52. The van der Waals surface area contributed by atoms with Crippen LogP contribution in [0.5, 0.6) is 0 Å². The van der Waals surface area contributed by atoms with E-state index in [0.29, 0.717) is 11.6 Å². The highest BCUT2D eigenvalue weighted by atomic mass is 32.2. The molecule has 0 bridgehead atoms. The molecular weight excluding hydrogens is 284 g/mol. The Morgan fingerprint density at radius 2 is 2.30 bits per heavy atom. The van der Waals surface area contributed by atoms with Gasteiger partial charge in [-0.15, -0.1) is 11.8 Å². The number of furan rings is 1. The van der Waals surface area contributed by atoms with Crippen LogP contribution in [0.2, 0.25) is 0 Å². The van der Waals surface area contributed by atoms with Crippen molar-refractivity contribution in [1.82, 2.24) is 10.2 Å². The minimum Gasteiger partial charge on any atom is -0.480 e. The van der Waals surface area contributed by atoms with Crippen LogP contribution in [0.15, 0.2) is 22.8 Å². The van der Waals surface area contributed by atoms with Gasteiger partial charge in [0.15, 0.2) is 5.76 Å². The number of hydrogen-bond donors (Lipinski definition) is 2. The molecule has 0 spiro atoms. The molecule has 108 valence electrons. The molecule has 2 atom stereocenters. The summed E-state index contributed by atoms with van der Waals surface area (Å²) in [6, 6.07) is 1.40. The van der Waals surface area contributed by atoms with Crippen molar-refractivity contribution in [3.63, 3.8) is 0 Å². The molecule has 0 aliphatic carbocycles. The van der Waals surface area contributed by atoms with E-state index in [1.165, 1.54) is 35.9 Å². The lowest BCUT2D eigenvalue weighted by Gasteiger charge is -2.24. The van der Waals surface area contributed by atoms with E-state index in [-0.39, 0.29) is 5.76 Å². The van der Waals surface area contributed by atoms with Crippen molar-refractivity contribution >= 4 is 29.5 Å². The molecule has 1 aromatic heterocycles. The first-order chi connectivity index (χ1) is 9.50. The maximum Gasteiger partial charge on any atom is 0.327 e. The summed E-state index contributed by atoms with van der Waals surface area (Å²) in [6.07, 6.45) is 1.36. The predicted molar refractivity (Wildman–Crippen MR) is 71.2 cm³/mol. The van der Waals surface area contributed by atoms with Crippen molar-refractivity contribution in [3.05, 3.63) is 24.2 Å². The van der Waals surface area contributed by atoms with E-state index < -0.39 is 29.9 Å². The van der Waals surface area contributed by atoms with E-state index in [0.717, 1.165) is 0 Å². The third-order valence-corrected chi connectivity index (χ3v) is 3.93.